The predicted octanol–water partition coefficient (Wildman–Crippen LogP) is 4.89. The highest BCUT2D eigenvalue weighted by molar-refractivity contribution is 7.08. The topological polar surface area (TPSA) is 38.8 Å². The summed E-state index contributed by atoms with van der Waals surface area (Å²) in [7, 11) is 0. The van der Waals surface area contributed by atoms with Crippen LogP contribution in [0.5, 0.6) is 11.5 Å². The van der Waals surface area contributed by atoms with Crippen LogP contribution < -0.4 is 14.4 Å². The molecule has 4 nitrogen and oxygen atoms in total. The van der Waals surface area contributed by atoms with E-state index in [4.69, 9.17) is 9.47 Å². The minimum Gasteiger partial charge on any atom is -0.494 e. The molecular weight excluding hydrogens is 334 g/mol. The summed E-state index contributed by atoms with van der Waals surface area (Å²) in [5.41, 5.74) is 0.997. The number of amides is 1. The summed E-state index contributed by atoms with van der Waals surface area (Å²) >= 11 is 1.62. The Morgan fingerprint density at radius 2 is 1.76 bits per heavy atom. The van der Waals surface area contributed by atoms with Crippen LogP contribution in [-0.4, -0.2) is 25.2 Å². The highest BCUT2D eigenvalue weighted by Crippen LogP contribution is 2.29. The lowest BCUT2D eigenvalue weighted by Gasteiger charge is -2.33. The van der Waals surface area contributed by atoms with E-state index >= 15 is 0 Å². The number of rotatable bonds is 7. The fraction of sp³-hybridized carbons (Fsp3) is 0.450. The summed E-state index contributed by atoms with van der Waals surface area (Å²) in [6.07, 6.45) is 5.80. The number of hydrogen-bond donors (Lipinski definition) is 0. The number of thiophene rings is 1. The maximum Gasteiger partial charge on any atom is 0.265 e. The molecule has 1 saturated carbocycles. The van der Waals surface area contributed by atoms with Gasteiger partial charge in [-0.25, -0.2) is 0 Å². The highest BCUT2D eigenvalue weighted by Gasteiger charge is 2.27. The summed E-state index contributed by atoms with van der Waals surface area (Å²) in [5, 5.41) is 4.06. The van der Waals surface area contributed by atoms with Gasteiger partial charge >= 0.3 is 0 Å². The zero-order valence-corrected chi connectivity index (χ0v) is 15.5. The van der Waals surface area contributed by atoms with Crippen LogP contribution in [0.4, 0.5) is 5.69 Å². The largest absolute Gasteiger partial charge is 0.494 e. The van der Waals surface area contributed by atoms with Crippen molar-refractivity contribution in [3.63, 3.8) is 0 Å². The molecule has 0 unspecified atom stereocenters. The standard InChI is InChI=1S/C20H25NO3S/c1-2-23-18-8-10-19(11-9-18)24-14-20(22)21(17-12-13-25-15-17)16-6-4-3-5-7-16/h8-13,15-16H,2-7,14H2,1H3. The van der Waals surface area contributed by atoms with Crippen molar-refractivity contribution in [3.8, 4) is 11.5 Å². The maximum absolute atomic E-state index is 12.9. The van der Waals surface area contributed by atoms with Gasteiger partial charge in [-0.3, -0.25) is 4.79 Å². The second-order valence-electron chi connectivity index (χ2n) is 6.23. The van der Waals surface area contributed by atoms with Crippen molar-refractivity contribution in [2.24, 2.45) is 0 Å². The third-order valence-corrected chi connectivity index (χ3v) is 5.16. The molecular formula is C20H25NO3S. The molecule has 1 aliphatic carbocycles. The quantitative estimate of drug-likeness (QED) is 0.706. The Morgan fingerprint density at radius 1 is 1.08 bits per heavy atom. The van der Waals surface area contributed by atoms with E-state index in [9.17, 15) is 4.79 Å². The zero-order chi connectivity index (χ0) is 17.5. The van der Waals surface area contributed by atoms with Crippen LogP contribution in [0.3, 0.4) is 0 Å². The van der Waals surface area contributed by atoms with Crippen LogP contribution in [0.25, 0.3) is 0 Å². The molecule has 1 aromatic heterocycles. The van der Waals surface area contributed by atoms with Crippen LogP contribution in [0.2, 0.25) is 0 Å². The Hall–Kier alpha value is -2.01. The Bertz CT molecular complexity index is 648. The van der Waals surface area contributed by atoms with Gasteiger partial charge in [-0.1, -0.05) is 19.3 Å². The van der Waals surface area contributed by atoms with Crippen LogP contribution in [-0.2, 0) is 4.79 Å². The van der Waals surface area contributed by atoms with Crippen LogP contribution in [0.15, 0.2) is 41.1 Å². The van der Waals surface area contributed by atoms with Crippen LogP contribution in [0, 0.1) is 0 Å². The van der Waals surface area contributed by atoms with E-state index in [1.165, 1.54) is 19.3 Å². The van der Waals surface area contributed by atoms with E-state index in [0.717, 1.165) is 24.3 Å². The highest BCUT2D eigenvalue weighted by atomic mass is 32.1. The van der Waals surface area contributed by atoms with Crippen molar-refractivity contribution in [2.75, 3.05) is 18.1 Å². The van der Waals surface area contributed by atoms with E-state index in [0.29, 0.717) is 18.4 Å². The van der Waals surface area contributed by atoms with Gasteiger partial charge in [-0.15, -0.1) is 0 Å². The molecule has 1 amide bonds. The average Bonchev–Trinajstić information content (AvgIpc) is 3.17. The first-order chi connectivity index (χ1) is 12.3. The minimum absolute atomic E-state index is 0.0270. The number of carbonyl (C=O) groups is 1. The van der Waals surface area contributed by atoms with Crippen molar-refractivity contribution < 1.29 is 14.3 Å². The van der Waals surface area contributed by atoms with E-state index in [1.807, 2.05) is 52.9 Å². The number of anilines is 1. The number of hydrogen-bond acceptors (Lipinski definition) is 4. The Balaban J connectivity index is 1.63. The molecule has 0 spiro atoms. The molecule has 1 aromatic carbocycles. The molecule has 3 rings (SSSR count). The Morgan fingerprint density at radius 3 is 2.36 bits per heavy atom. The van der Waals surface area contributed by atoms with Crippen molar-refractivity contribution >= 4 is 22.9 Å². The molecule has 0 atom stereocenters. The molecule has 5 heteroatoms. The van der Waals surface area contributed by atoms with E-state index in [2.05, 4.69) is 0 Å². The second-order valence-corrected chi connectivity index (χ2v) is 7.01. The summed E-state index contributed by atoms with van der Waals surface area (Å²) < 4.78 is 11.2. The third kappa shape index (κ3) is 4.75. The summed E-state index contributed by atoms with van der Waals surface area (Å²) in [6.45, 7) is 2.64. The van der Waals surface area contributed by atoms with Gasteiger partial charge < -0.3 is 14.4 Å². The van der Waals surface area contributed by atoms with Gasteiger partial charge in [0.15, 0.2) is 6.61 Å². The Labute approximate surface area is 153 Å². The van der Waals surface area contributed by atoms with Crippen LogP contribution in [0.1, 0.15) is 39.0 Å². The number of carbonyl (C=O) groups excluding carboxylic acids is 1. The third-order valence-electron chi connectivity index (χ3n) is 4.49. The van der Waals surface area contributed by atoms with Crippen molar-refractivity contribution in [1.82, 2.24) is 0 Å². The zero-order valence-electron chi connectivity index (χ0n) is 14.6. The first-order valence-electron chi connectivity index (χ1n) is 8.98. The van der Waals surface area contributed by atoms with E-state index in [-0.39, 0.29) is 12.5 Å². The molecule has 134 valence electrons. The smallest absolute Gasteiger partial charge is 0.265 e. The fourth-order valence-electron chi connectivity index (χ4n) is 3.31. The number of nitrogens with zero attached hydrogens (tertiary/aromatic N) is 1. The SMILES string of the molecule is CCOc1ccc(OCC(=O)N(c2ccsc2)C2CCCCC2)cc1. The summed E-state index contributed by atoms with van der Waals surface area (Å²) in [4.78, 5) is 14.8. The van der Waals surface area contributed by atoms with Gasteiger partial charge in [0.25, 0.3) is 5.91 Å². The monoisotopic (exact) mass is 359 g/mol. The Kier molecular flexibility index (Phi) is 6.34. The molecule has 1 aliphatic rings. The molecule has 0 saturated heterocycles. The molecule has 0 bridgehead atoms. The molecule has 1 heterocycles. The van der Waals surface area contributed by atoms with Gasteiger partial charge in [-0.2, -0.15) is 11.3 Å². The lowest BCUT2D eigenvalue weighted by molar-refractivity contribution is -0.121. The van der Waals surface area contributed by atoms with Crippen molar-refractivity contribution in [1.29, 1.82) is 0 Å². The van der Waals surface area contributed by atoms with Crippen LogP contribution >= 0.6 is 11.3 Å². The molecule has 1 fully saturated rings. The second kappa shape index (κ2) is 8.90. The average molecular weight is 359 g/mol. The van der Waals surface area contributed by atoms with Gasteiger partial charge in [0, 0.05) is 11.4 Å². The predicted molar refractivity (Wildman–Crippen MR) is 102 cm³/mol. The fourth-order valence-corrected chi connectivity index (χ4v) is 3.93. The first kappa shape index (κ1) is 17.8. The molecule has 25 heavy (non-hydrogen) atoms. The maximum atomic E-state index is 12.9. The normalized spacial score (nSPS) is 14.9. The number of benzene rings is 1. The lowest BCUT2D eigenvalue weighted by Crippen LogP contribution is -2.43. The summed E-state index contributed by atoms with van der Waals surface area (Å²) in [6, 6.07) is 9.72. The first-order valence-corrected chi connectivity index (χ1v) is 9.92. The lowest BCUT2D eigenvalue weighted by atomic mass is 9.94. The van der Waals surface area contributed by atoms with E-state index < -0.39 is 0 Å². The van der Waals surface area contributed by atoms with Gasteiger partial charge in [0.1, 0.15) is 11.5 Å². The minimum atomic E-state index is 0.0270. The summed E-state index contributed by atoms with van der Waals surface area (Å²) in [5.74, 6) is 1.52. The molecule has 0 radical (unpaired) electrons. The van der Waals surface area contributed by atoms with Gasteiger partial charge in [-0.05, 0) is 55.5 Å². The van der Waals surface area contributed by atoms with Gasteiger partial charge in [0.05, 0.1) is 12.3 Å². The van der Waals surface area contributed by atoms with Crippen molar-refractivity contribution in [2.45, 2.75) is 45.1 Å². The number of ether oxygens (including phenoxy) is 2. The molecule has 0 aliphatic heterocycles. The molecule has 0 N–H and O–H groups in total. The molecule has 2 aromatic rings. The van der Waals surface area contributed by atoms with E-state index in [1.54, 1.807) is 11.3 Å². The van der Waals surface area contributed by atoms with Gasteiger partial charge in [0.2, 0.25) is 0 Å². The van der Waals surface area contributed by atoms with Crippen molar-refractivity contribution in [3.05, 3.63) is 41.1 Å².